The van der Waals surface area contributed by atoms with Crippen molar-refractivity contribution in [2.24, 2.45) is 0 Å². The largest absolute Gasteiger partial charge is 0.399 e. The Morgan fingerprint density at radius 1 is 1.00 bits per heavy atom. The Labute approximate surface area is 127 Å². The number of urea groups is 1. The number of hydrogen-bond acceptors (Lipinski definition) is 3. The van der Waals surface area contributed by atoms with E-state index in [4.69, 9.17) is 5.73 Å². The van der Waals surface area contributed by atoms with E-state index in [0.717, 1.165) is 11.3 Å². The Balaban J connectivity index is 1.66. The van der Waals surface area contributed by atoms with Crippen LogP contribution in [0.3, 0.4) is 0 Å². The lowest BCUT2D eigenvalue weighted by atomic mass is 10.0. The van der Waals surface area contributed by atoms with Crippen molar-refractivity contribution in [3.63, 3.8) is 0 Å². The normalized spacial score (nSPS) is 13.0. The minimum absolute atomic E-state index is 0.0225. The zero-order valence-electron chi connectivity index (χ0n) is 11.8. The third-order valence-electron chi connectivity index (χ3n) is 3.43. The molecule has 1 aliphatic heterocycles. The van der Waals surface area contributed by atoms with Gasteiger partial charge in [0.2, 0.25) is 5.91 Å². The molecule has 0 fully saturated rings. The summed E-state index contributed by atoms with van der Waals surface area (Å²) in [5.41, 5.74) is 9.41. The van der Waals surface area contributed by atoms with E-state index in [1.807, 2.05) is 6.07 Å². The third-order valence-corrected chi connectivity index (χ3v) is 3.43. The molecule has 2 aromatic rings. The van der Waals surface area contributed by atoms with Crippen molar-refractivity contribution in [1.29, 1.82) is 0 Å². The van der Waals surface area contributed by atoms with Crippen LogP contribution >= 0.6 is 0 Å². The maximum atomic E-state index is 12.0. The Morgan fingerprint density at radius 3 is 2.45 bits per heavy atom. The first-order chi connectivity index (χ1) is 10.6. The number of aryl methyl sites for hydroxylation is 1. The van der Waals surface area contributed by atoms with Gasteiger partial charge in [-0.15, -0.1) is 0 Å². The van der Waals surface area contributed by atoms with Gasteiger partial charge in [0.15, 0.2) is 0 Å². The summed E-state index contributed by atoms with van der Waals surface area (Å²) >= 11 is 0. The van der Waals surface area contributed by atoms with E-state index < -0.39 is 0 Å². The van der Waals surface area contributed by atoms with Crippen molar-refractivity contribution in [2.75, 3.05) is 21.7 Å². The highest BCUT2D eigenvalue weighted by molar-refractivity contribution is 6.00. The first kappa shape index (κ1) is 13.9. The number of carbonyl (C=O) groups is 2. The molecule has 0 atom stereocenters. The molecule has 112 valence electrons. The summed E-state index contributed by atoms with van der Waals surface area (Å²) in [4.78, 5) is 23.3. The lowest BCUT2D eigenvalue weighted by Gasteiger charge is -2.17. The SMILES string of the molecule is Nc1ccc(NC(=O)Nc2ccc3c(c2)CCC(=O)N3)cc1. The Morgan fingerprint density at radius 2 is 1.68 bits per heavy atom. The summed E-state index contributed by atoms with van der Waals surface area (Å²) in [5.74, 6) is 0.0225. The number of nitrogens with two attached hydrogens (primary N) is 1. The van der Waals surface area contributed by atoms with Gasteiger partial charge >= 0.3 is 6.03 Å². The second-order valence-corrected chi connectivity index (χ2v) is 5.12. The lowest BCUT2D eigenvalue weighted by molar-refractivity contribution is -0.116. The average Bonchev–Trinajstić information content (AvgIpc) is 2.50. The minimum Gasteiger partial charge on any atom is -0.399 e. The van der Waals surface area contributed by atoms with E-state index in [0.29, 0.717) is 29.9 Å². The highest BCUT2D eigenvalue weighted by atomic mass is 16.2. The number of anilines is 4. The second kappa shape index (κ2) is 5.77. The third kappa shape index (κ3) is 3.17. The monoisotopic (exact) mass is 296 g/mol. The van der Waals surface area contributed by atoms with Crippen LogP contribution in [0.25, 0.3) is 0 Å². The smallest absolute Gasteiger partial charge is 0.323 e. The van der Waals surface area contributed by atoms with Gasteiger partial charge in [-0.25, -0.2) is 4.79 Å². The topological polar surface area (TPSA) is 96.2 Å². The average molecular weight is 296 g/mol. The van der Waals surface area contributed by atoms with Gasteiger partial charge in [-0.3, -0.25) is 4.79 Å². The summed E-state index contributed by atoms with van der Waals surface area (Å²) in [6, 6.07) is 12.0. The molecule has 0 unspecified atom stereocenters. The second-order valence-electron chi connectivity index (χ2n) is 5.12. The molecule has 0 aromatic heterocycles. The Hall–Kier alpha value is -3.02. The number of nitrogen functional groups attached to an aromatic ring is 1. The molecule has 0 aliphatic carbocycles. The van der Waals surface area contributed by atoms with Crippen LogP contribution in [0.5, 0.6) is 0 Å². The van der Waals surface area contributed by atoms with Crippen LogP contribution in [0.4, 0.5) is 27.5 Å². The van der Waals surface area contributed by atoms with Crippen molar-refractivity contribution < 1.29 is 9.59 Å². The maximum Gasteiger partial charge on any atom is 0.323 e. The van der Waals surface area contributed by atoms with Crippen LogP contribution in [-0.2, 0) is 11.2 Å². The highest BCUT2D eigenvalue weighted by Gasteiger charge is 2.15. The molecular weight excluding hydrogens is 280 g/mol. The minimum atomic E-state index is -0.329. The first-order valence-corrected chi connectivity index (χ1v) is 6.96. The molecule has 0 spiro atoms. The lowest BCUT2D eigenvalue weighted by Crippen LogP contribution is -2.21. The van der Waals surface area contributed by atoms with Crippen molar-refractivity contribution in [3.8, 4) is 0 Å². The van der Waals surface area contributed by atoms with E-state index in [1.54, 1.807) is 36.4 Å². The molecular formula is C16H16N4O2. The van der Waals surface area contributed by atoms with Gasteiger partial charge in [0.05, 0.1) is 0 Å². The Kier molecular flexibility index (Phi) is 3.65. The Bertz CT molecular complexity index is 725. The summed E-state index contributed by atoms with van der Waals surface area (Å²) < 4.78 is 0. The fourth-order valence-corrected chi connectivity index (χ4v) is 2.32. The van der Waals surface area contributed by atoms with Gasteiger partial charge < -0.3 is 21.7 Å². The zero-order valence-corrected chi connectivity index (χ0v) is 11.8. The number of hydrogen-bond donors (Lipinski definition) is 4. The van der Waals surface area contributed by atoms with E-state index >= 15 is 0 Å². The molecule has 2 aromatic carbocycles. The summed E-state index contributed by atoms with van der Waals surface area (Å²) in [5, 5.41) is 8.31. The maximum absolute atomic E-state index is 12.0. The zero-order chi connectivity index (χ0) is 15.5. The summed E-state index contributed by atoms with van der Waals surface area (Å²) in [6.07, 6.45) is 1.14. The number of carbonyl (C=O) groups excluding carboxylic acids is 2. The van der Waals surface area contributed by atoms with Gasteiger partial charge in [-0.1, -0.05) is 0 Å². The number of nitrogens with one attached hydrogen (secondary N) is 3. The van der Waals surface area contributed by atoms with Crippen LogP contribution < -0.4 is 21.7 Å². The fraction of sp³-hybridized carbons (Fsp3) is 0.125. The van der Waals surface area contributed by atoms with Gasteiger partial charge in [-0.05, 0) is 54.4 Å². The predicted molar refractivity (Wildman–Crippen MR) is 86.9 cm³/mol. The number of fused-ring (bicyclic) bond motifs is 1. The number of benzene rings is 2. The van der Waals surface area contributed by atoms with Crippen LogP contribution in [0.15, 0.2) is 42.5 Å². The van der Waals surface area contributed by atoms with Crippen molar-refractivity contribution >= 4 is 34.7 Å². The van der Waals surface area contributed by atoms with Gasteiger partial charge in [-0.2, -0.15) is 0 Å². The van der Waals surface area contributed by atoms with E-state index in [1.165, 1.54) is 0 Å². The quantitative estimate of drug-likeness (QED) is 0.642. The summed E-state index contributed by atoms with van der Waals surface area (Å²) in [7, 11) is 0. The molecule has 0 saturated heterocycles. The number of amides is 3. The molecule has 6 nitrogen and oxygen atoms in total. The summed E-state index contributed by atoms with van der Waals surface area (Å²) in [6.45, 7) is 0. The molecule has 0 saturated carbocycles. The highest BCUT2D eigenvalue weighted by Crippen LogP contribution is 2.25. The van der Waals surface area contributed by atoms with Crippen LogP contribution in [0.2, 0.25) is 0 Å². The van der Waals surface area contributed by atoms with Crippen molar-refractivity contribution in [1.82, 2.24) is 0 Å². The first-order valence-electron chi connectivity index (χ1n) is 6.96. The molecule has 5 N–H and O–H groups in total. The standard InChI is InChI=1S/C16H16N4O2/c17-11-2-4-12(5-3-11)18-16(22)19-13-6-7-14-10(9-13)1-8-15(21)20-14/h2-7,9H,1,8,17H2,(H,20,21)(H2,18,19,22). The van der Waals surface area contributed by atoms with Gasteiger partial charge in [0.25, 0.3) is 0 Å². The molecule has 0 bridgehead atoms. The van der Waals surface area contributed by atoms with E-state index in [9.17, 15) is 9.59 Å². The molecule has 22 heavy (non-hydrogen) atoms. The van der Waals surface area contributed by atoms with Gasteiger partial charge in [0.1, 0.15) is 0 Å². The number of rotatable bonds is 2. The molecule has 1 heterocycles. The van der Waals surface area contributed by atoms with E-state index in [2.05, 4.69) is 16.0 Å². The molecule has 1 aliphatic rings. The molecule has 3 rings (SSSR count). The van der Waals surface area contributed by atoms with Crippen LogP contribution in [0, 0.1) is 0 Å². The molecule has 3 amide bonds. The van der Waals surface area contributed by atoms with Crippen LogP contribution in [0.1, 0.15) is 12.0 Å². The van der Waals surface area contributed by atoms with Crippen molar-refractivity contribution in [2.45, 2.75) is 12.8 Å². The fourth-order valence-electron chi connectivity index (χ4n) is 2.32. The van der Waals surface area contributed by atoms with E-state index in [-0.39, 0.29) is 11.9 Å². The van der Waals surface area contributed by atoms with Gasteiger partial charge in [0, 0.05) is 29.2 Å². The molecule has 0 radical (unpaired) electrons. The van der Waals surface area contributed by atoms with Crippen LogP contribution in [-0.4, -0.2) is 11.9 Å². The van der Waals surface area contributed by atoms with Crippen molar-refractivity contribution in [3.05, 3.63) is 48.0 Å². The predicted octanol–water partition coefficient (Wildman–Crippen LogP) is 2.80. The molecule has 6 heteroatoms.